The molecule has 1 heterocycles. The van der Waals surface area contributed by atoms with Gasteiger partial charge in [0.2, 0.25) is 11.8 Å². The van der Waals surface area contributed by atoms with E-state index in [2.05, 4.69) is 10.6 Å². The van der Waals surface area contributed by atoms with Crippen molar-refractivity contribution in [1.29, 1.82) is 0 Å². The Morgan fingerprint density at radius 2 is 2.12 bits per heavy atom. The minimum absolute atomic E-state index is 0.192. The molecule has 0 saturated heterocycles. The smallest absolute Gasteiger partial charge is 0.243 e. The lowest BCUT2D eigenvalue weighted by Gasteiger charge is -2.21. The summed E-state index contributed by atoms with van der Waals surface area (Å²) in [6, 6.07) is 4.78. The highest BCUT2D eigenvalue weighted by Gasteiger charge is 2.23. The maximum Gasteiger partial charge on any atom is 0.243 e. The Labute approximate surface area is 153 Å². The number of amides is 2. The van der Waals surface area contributed by atoms with E-state index < -0.39 is 6.04 Å². The average molecular weight is 362 g/mol. The third-order valence-corrected chi connectivity index (χ3v) is 4.15. The van der Waals surface area contributed by atoms with Crippen LogP contribution in [-0.4, -0.2) is 45.3 Å². The molecule has 1 aromatic rings. The molecular formula is C19H26N2O5. The Morgan fingerprint density at radius 3 is 2.85 bits per heavy atom. The number of benzene rings is 1. The van der Waals surface area contributed by atoms with Crippen LogP contribution in [0.1, 0.15) is 18.9 Å². The van der Waals surface area contributed by atoms with Gasteiger partial charge in [0.15, 0.2) is 0 Å². The van der Waals surface area contributed by atoms with E-state index in [1.165, 1.54) is 0 Å². The van der Waals surface area contributed by atoms with Crippen molar-refractivity contribution in [2.24, 2.45) is 5.92 Å². The van der Waals surface area contributed by atoms with Crippen LogP contribution in [0.5, 0.6) is 11.5 Å². The maximum atomic E-state index is 12.6. The predicted octanol–water partition coefficient (Wildman–Crippen LogP) is 1.42. The SMILES string of the molecule is COc1ccc(CNC(=O)[C@@H]2C/C=C\COC[C@H](C)C(=O)N2)c(OC)c1. The lowest BCUT2D eigenvalue weighted by atomic mass is 10.1. The van der Waals surface area contributed by atoms with Crippen LogP contribution in [-0.2, 0) is 20.9 Å². The number of hydrogen-bond acceptors (Lipinski definition) is 5. The third kappa shape index (κ3) is 5.49. The summed E-state index contributed by atoms with van der Waals surface area (Å²) in [4.78, 5) is 24.7. The molecule has 0 aliphatic carbocycles. The average Bonchev–Trinajstić information content (AvgIpc) is 2.66. The van der Waals surface area contributed by atoms with Gasteiger partial charge >= 0.3 is 0 Å². The Hall–Kier alpha value is -2.54. The normalized spacial score (nSPS) is 22.0. The molecule has 7 heteroatoms. The van der Waals surface area contributed by atoms with E-state index in [9.17, 15) is 9.59 Å². The van der Waals surface area contributed by atoms with Gasteiger partial charge in [0.1, 0.15) is 17.5 Å². The number of nitrogens with one attached hydrogen (secondary N) is 2. The van der Waals surface area contributed by atoms with Gasteiger partial charge in [-0.1, -0.05) is 19.1 Å². The third-order valence-electron chi connectivity index (χ3n) is 4.15. The molecule has 0 aromatic heterocycles. The van der Waals surface area contributed by atoms with Crippen LogP contribution < -0.4 is 20.1 Å². The van der Waals surface area contributed by atoms with E-state index in [1.807, 2.05) is 18.2 Å². The fourth-order valence-corrected chi connectivity index (χ4v) is 2.54. The molecule has 1 aliphatic heterocycles. The first-order chi connectivity index (χ1) is 12.5. The van der Waals surface area contributed by atoms with Crippen molar-refractivity contribution < 1.29 is 23.8 Å². The van der Waals surface area contributed by atoms with Gasteiger partial charge in [0, 0.05) is 18.2 Å². The number of carbonyl (C=O) groups excluding carboxylic acids is 2. The van der Waals surface area contributed by atoms with Crippen LogP contribution in [0, 0.1) is 5.92 Å². The van der Waals surface area contributed by atoms with Crippen LogP contribution in [0.25, 0.3) is 0 Å². The molecule has 26 heavy (non-hydrogen) atoms. The monoisotopic (exact) mass is 362 g/mol. The van der Waals surface area contributed by atoms with Crippen molar-refractivity contribution in [3.8, 4) is 11.5 Å². The van der Waals surface area contributed by atoms with Crippen molar-refractivity contribution in [3.05, 3.63) is 35.9 Å². The summed E-state index contributed by atoms with van der Waals surface area (Å²) in [5, 5.41) is 5.65. The number of ether oxygens (including phenoxy) is 3. The second kappa shape index (κ2) is 9.82. The first kappa shape index (κ1) is 19.8. The molecule has 2 amide bonds. The zero-order chi connectivity index (χ0) is 18.9. The van der Waals surface area contributed by atoms with Gasteiger partial charge in [-0.2, -0.15) is 0 Å². The Balaban J connectivity index is 2.02. The van der Waals surface area contributed by atoms with Crippen LogP contribution in [0.3, 0.4) is 0 Å². The van der Waals surface area contributed by atoms with Gasteiger partial charge in [-0.15, -0.1) is 0 Å². The van der Waals surface area contributed by atoms with Gasteiger partial charge < -0.3 is 24.8 Å². The summed E-state index contributed by atoms with van der Waals surface area (Å²) >= 11 is 0. The maximum absolute atomic E-state index is 12.6. The molecular weight excluding hydrogens is 336 g/mol. The first-order valence-corrected chi connectivity index (χ1v) is 8.57. The van der Waals surface area contributed by atoms with Crippen LogP contribution in [0.2, 0.25) is 0 Å². The fourth-order valence-electron chi connectivity index (χ4n) is 2.54. The molecule has 0 fully saturated rings. The van der Waals surface area contributed by atoms with E-state index in [4.69, 9.17) is 14.2 Å². The summed E-state index contributed by atoms with van der Waals surface area (Å²) in [5.41, 5.74) is 0.824. The molecule has 0 saturated carbocycles. The fraction of sp³-hybridized carbons (Fsp3) is 0.474. The standard InChI is InChI=1S/C19H26N2O5/c1-13-12-26-9-5-4-6-16(21-18(13)22)19(23)20-11-14-7-8-15(24-2)10-17(14)25-3/h4-5,7-8,10,13,16H,6,9,11-12H2,1-3H3,(H,20,23)(H,21,22)/b5-4-/t13-,16-/m0/s1. The lowest BCUT2D eigenvalue weighted by molar-refractivity contribution is -0.132. The highest BCUT2D eigenvalue weighted by molar-refractivity contribution is 5.88. The molecule has 0 unspecified atom stereocenters. The van der Waals surface area contributed by atoms with Crippen molar-refractivity contribution >= 4 is 11.8 Å². The summed E-state index contributed by atoms with van der Waals surface area (Å²) in [6.45, 7) is 2.83. The van der Waals surface area contributed by atoms with Crippen molar-refractivity contribution in [2.45, 2.75) is 25.9 Å². The quantitative estimate of drug-likeness (QED) is 0.774. The molecule has 0 radical (unpaired) electrons. The second-order valence-corrected chi connectivity index (χ2v) is 6.10. The summed E-state index contributed by atoms with van der Waals surface area (Å²) in [7, 11) is 3.15. The van der Waals surface area contributed by atoms with E-state index in [1.54, 1.807) is 33.3 Å². The summed E-state index contributed by atoms with van der Waals surface area (Å²) < 4.78 is 15.9. The Kier molecular flexibility index (Phi) is 7.47. The number of hydrogen-bond donors (Lipinski definition) is 2. The highest BCUT2D eigenvalue weighted by atomic mass is 16.5. The zero-order valence-corrected chi connectivity index (χ0v) is 15.4. The topological polar surface area (TPSA) is 85.9 Å². The molecule has 2 N–H and O–H groups in total. The Bertz CT molecular complexity index is 659. The van der Waals surface area contributed by atoms with E-state index >= 15 is 0 Å². The molecule has 7 nitrogen and oxygen atoms in total. The van der Waals surface area contributed by atoms with Crippen LogP contribution >= 0.6 is 0 Å². The molecule has 0 spiro atoms. The predicted molar refractivity (Wildman–Crippen MR) is 97.1 cm³/mol. The number of carbonyl (C=O) groups is 2. The number of methoxy groups -OCH3 is 2. The largest absolute Gasteiger partial charge is 0.497 e. The van der Waals surface area contributed by atoms with Gasteiger partial charge in [0.05, 0.1) is 33.4 Å². The molecule has 2 atom stereocenters. The molecule has 1 aromatic carbocycles. The number of rotatable bonds is 5. The minimum Gasteiger partial charge on any atom is -0.497 e. The molecule has 142 valence electrons. The van der Waals surface area contributed by atoms with E-state index in [-0.39, 0.29) is 17.7 Å². The van der Waals surface area contributed by atoms with Gasteiger partial charge in [-0.25, -0.2) is 0 Å². The lowest BCUT2D eigenvalue weighted by Crippen LogP contribution is -2.48. The summed E-state index contributed by atoms with van der Waals surface area (Å²) in [6.07, 6.45) is 4.11. The van der Waals surface area contributed by atoms with E-state index in [0.29, 0.717) is 37.7 Å². The first-order valence-electron chi connectivity index (χ1n) is 8.57. The van der Waals surface area contributed by atoms with Gasteiger partial charge in [0.25, 0.3) is 0 Å². The zero-order valence-electron chi connectivity index (χ0n) is 15.4. The van der Waals surface area contributed by atoms with Crippen molar-refractivity contribution in [2.75, 3.05) is 27.4 Å². The van der Waals surface area contributed by atoms with Crippen LogP contribution in [0.4, 0.5) is 0 Å². The van der Waals surface area contributed by atoms with Crippen molar-refractivity contribution in [3.63, 3.8) is 0 Å². The highest BCUT2D eigenvalue weighted by Crippen LogP contribution is 2.24. The van der Waals surface area contributed by atoms with Crippen molar-refractivity contribution in [1.82, 2.24) is 10.6 Å². The minimum atomic E-state index is -0.622. The molecule has 0 bridgehead atoms. The van der Waals surface area contributed by atoms with Gasteiger partial charge in [-0.3, -0.25) is 9.59 Å². The second-order valence-electron chi connectivity index (χ2n) is 6.10. The Morgan fingerprint density at radius 1 is 1.31 bits per heavy atom. The van der Waals surface area contributed by atoms with E-state index in [0.717, 1.165) is 5.56 Å². The summed E-state index contributed by atoms with van der Waals surface area (Å²) in [5.74, 6) is 0.568. The van der Waals surface area contributed by atoms with Crippen LogP contribution in [0.15, 0.2) is 30.4 Å². The molecule has 1 aliphatic rings. The van der Waals surface area contributed by atoms with Gasteiger partial charge in [-0.05, 0) is 18.6 Å². The molecule has 2 rings (SSSR count).